The fourth-order valence-corrected chi connectivity index (χ4v) is 4.00. The van der Waals surface area contributed by atoms with Crippen molar-refractivity contribution in [2.24, 2.45) is 7.05 Å². The Morgan fingerprint density at radius 3 is 2.44 bits per heavy atom. The Morgan fingerprint density at radius 2 is 1.81 bits per heavy atom. The van der Waals surface area contributed by atoms with Crippen LogP contribution in [0.5, 0.6) is 0 Å². The third kappa shape index (κ3) is 3.56. The minimum absolute atomic E-state index is 0.0997. The molecule has 2 fully saturated rings. The van der Waals surface area contributed by atoms with Crippen LogP contribution in [0.25, 0.3) is 11.1 Å². The SMILES string of the molecule is CN(C)C1CCN(C(=O)c2cc(-c3cnc(N4CCCC4)nc3)cn2C)C1. The lowest BCUT2D eigenvalue weighted by atomic mass is 10.2. The van der Waals surface area contributed by atoms with E-state index in [-0.39, 0.29) is 5.91 Å². The van der Waals surface area contributed by atoms with Gasteiger partial charge >= 0.3 is 0 Å². The summed E-state index contributed by atoms with van der Waals surface area (Å²) in [5.41, 5.74) is 2.64. The number of hydrogen-bond acceptors (Lipinski definition) is 5. The van der Waals surface area contributed by atoms with Crippen molar-refractivity contribution in [1.82, 2.24) is 24.3 Å². The lowest BCUT2D eigenvalue weighted by Crippen LogP contribution is -2.35. The minimum Gasteiger partial charge on any atom is -0.346 e. The van der Waals surface area contributed by atoms with Crippen LogP contribution < -0.4 is 4.90 Å². The van der Waals surface area contributed by atoms with Crippen LogP contribution in [-0.4, -0.2) is 76.6 Å². The first-order valence-corrected chi connectivity index (χ1v) is 9.72. The molecule has 0 aromatic carbocycles. The number of rotatable bonds is 4. The summed E-state index contributed by atoms with van der Waals surface area (Å²) >= 11 is 0. The van der Waals surface area contributed by atoms with Gasteiger partial charge in [-0.1, -0.05) is 0 Å². The molecule has 27 heavy (non-hydrogen) atoms. The van der Waals surface area contributed by atoms with Crippen molar-refractivity contribution >= 4 is 11.9 Å². The molecule has 0 bridgehead atoms. The Kier molecular flexibility index (Phi) is 4.86. The van der Waals surface area contributed by atoms with E-state index in [1.54, 1.807) is 0 Å². The zero-order valence-corrected chi connectivity index (χ0v) is 16.4. The van der Waals surface area contributed by atoms with Gasteiger partial charge in [-0.05, 0) is 39.4 Å². The molecule has 1 amide bonds. The summed E-state index contributed by atoms with van der Waals surface area (Å²) in [7, 11) is 6.08. The predicted molar refractivity (Wildman–Crippen MR) is 106 cm³/mol. The first-order valence-electron chi connectivity index (χ1n) is 9.72. The number of hydrogen-bond donors (Lipinski definition) is 0. The summed E-state index contributed by atoms with van der Waals surface area (Å²) in [4.78, 5) is 28.4. The van der Waals surface area contributed by atoms with Gasteiger partial charge in [0.2, 0.25) is 5.95 Å². The van der Waals surface area contributed by atoms with Gasteiger partial charge in [-0.25, -0.2) is 9.97 Å². The Labute approximate surface area is 160 Å². The van der Waals surface area contributed by atoms with Crippen molar-refractivity contribution in [3.8, 4) is 11.1 Å². The topological polar surface area (TPSA) is 57.5 Å². The molecule has 4 rings (SSSR count). The highest BCUT2D eigenvalue weighted by atomic mass is 16.2. The molecule has 1 atom stereocenters. The summed E-state index contributed by atoms with van der Waals surface area (Å²) in [6.07, 6.45) is 9.16. The van der Waals surface area contributed by atoms with E-state index >= 15 is 0 Å². The molecule has 7 nitrogen and oxygen atoms in total. The number of nitrogens with zero attached hydrogens (tertiary/aromatic N) is 6. The van der Waals surface area contributed by atoms with Gasteiger partial charge in [0.05, 0.1) is 0 Å². The van der Waals surface area contributed by atoms with Crippen LogP contribution in [0.2, 0.25) is 0 Å². The lowest BCUT2D eigenvalue weighted by molar-refractivity contribution is 0.0773. The fraction of sp³-hybridized carbons (Fsp3) is 0.550. The molecule has 0 radical (unpaired) electrons. The fourth-order valence-electron chi connectivity index (χ4n) is 4.00. The van der Waals surface area contributed by atoms with E-state index in [1.807, 2.05) is 41.2 Å². The smallest absolute Gasteiger partial charge is 0.270 e. The Morgan fingerprint density at radius 1 is 1.11 bits per heavy atom. The summed E-state index contributed by atoms with van der Waals surface area (Å²) in [5, 5.41) is 0. The quantitative estimate of drug-likeness (QED) is 0.824. The molecule has 144 valence electrons. The first-order chi connectivity index (χ1) is 13.0. The van der Waals surface area contributed by atoms with Gasteiger partial charge in [-0.2, -0.15) is 0 Å². The van der Waals surface area contributed by atoms with E-state index in [0.29, 0.717) is 11.7 Å². The van der Waals surface area contributed by atoms with E-state index < -0.39 is 0 Å². The Balaban J connectivity index is 1.50. The zero-order valence-electron chi connectivity index (χ0n) is 16.4. The predicted octanol–water partition coefficient (Wildman–Crippen LogP) is 1.86. The van der Waals surface area contributed by atoms with Gasteiger partial charge in [-0.15, -0.1) is 0 Å². The molecule has 0 aliphatic carbocycles. The molecule has 2 saturated heterocycles. The van der Waals surface area contributed by atoms with Crippen molar-refractivity contribution < 1.29 is 4.79 Å². The van der Waals surface area contributed by atoms with Crippen molar-refractivity contribution in [3.05, 3.63) is 30.4 Å². The van der Waals surface area contributed by atoms with Gasteiger partial charge in [0.25, 0.3) is 5.91 Å². The van der Waals surface area contributed by atoms with Gasteiger partial charge in [-0.3, -0.25) is 4.79 Å². The number of carbonyl (C=O) groups is 1. The maximum atomic E-state index is 13.0. The zero-order chi connectivity index (χ0) is 19.0. The van der Waals surface area contributed by atoms with E-state index in [2.05, 4.69) is 33.9 Å². The molecule has 2 aliphatic heterocycles. The Hall–Kier alpha value is -2.41. The largest absolute Gasteiger partial charge is 0.346 e. The molecule has 2 aromatic rings. The number of anilines is 1. The van der Waals surface area contributed by atoms with Crippen molar-refractivity contribution in [1.29, 1.82) is 0 Å². The van der Waals surface area contributed by atoms with Crippen LogP contribution >= 0.6 is 0 Å². The second-order valence-electron chi connectivity index (χ2n) is 7.85. The van der Waals surface area contributed by atoms with E-state index in [4.69, 9.17) is 0 Å². The summed E-state index contributed by atoms with van der Waals surface area (Å²) in [6, 6.07) is 2.40. The van der Waals surface area contributed by atoms with E-state index in [0.717, 1.165) is 49.7 Å². The maximum Gasteiger partial charge on any atom is 0.270 e. The second-order valence-corrected chi connectivity index (χ2v) is 7.85. The first kappa shape index (κ1) is 18.0. The highest BCUT2D eigenvalue weighted by molar-refractivity contribution is 5.94. The van der Waals surface area contributed by atoms with Crippen molar-refractivity contribution in [2.75, 3.05) is 45.2 Å². The molecule has 0 saturated carbocycles. The molecule has 2 aromatic heterocycles. The second kappa shape index (κ2) is 7.31. The number of carbonyl (C=O) groups excluding carboxylic acids is 1. The normalized spacial score (nSPS) is 20.1. The summed E-state index contributed by atoms with van der Waals surface area (Å²) < 4.78 is 1.91. The monoisotopic (exact) mass is 368 g/mol. The van der Waals surface area contributed by atoms with Crippen molar-refractivity contribution in [3.63, 3.8) is 0 Å². The van der Waals surface area contributed by atoms with Crippen LogP contribution in [-0.2, 0) is 7.05 Å². The van der Waals surface area contributed by atoms with E-state index in [9.17, 15) is 4.79 Å². The molecule has 1 unspecified atom stereocenters. The van der Waals surface area contributed by atoms with Gasteiger partial charge in [0.1, 0.15) is 5.69 Å². The van der Waals surface area contributed by atoms with Gasteiger partial charge < -0.3 is 19.3 Å². The number of amides is 1. The highest BCUT2D eigenvalue weighted by Gasteiger charge is 2.29. The van der Waals surface area contributed by atoms with Crippen molar-refractivity contribution in [2.45, 2.75) is 25.3 Å². The molecular weight excluding hydrogens is 340 g/mol. The molecule has 0 N–H and O–H groups in total. The maximum absolute atomic E-state index is 13.0. The number of likely N-dealkylation sites (tertiary alicyclic amines) is 1. The number of aryl methyl sites for hydroxylation is 1. The van der Waals surface area contributed by atoms with E-state index in [1.165, 1.54) is 12.8 Å². The van der Waals surface area contributed by atoms with Crippen LogP contribution in [0.3, 0.4) is 0 Å². The average molecular weight is 368 g/mol. The minimum atomic E-state index is 0.0997. The van der Waals surface area contributed by atoms with Crippen LogP contribution in [0.15, 0.2) is 24.7 Å². The van der Waals surface area contributed by atoms with Gasteiger partial charge in [0.15, 0.2) is 0 Å². The molecular formula is C20H28N6O. The highest BCUT2D eigenvalue weighted by Crippen LogP contribution is 2.24. The molecule has 4 heterocycles. The number of likely N-dealkylation sites (N-methyl/N-ethyl adjacent to an activating group) is 1. The van der Waals surface area contributed by atoms with Crippen LogP contribution in [0.1, 0.15) is 29.8 Å². The van der Waals surface area contributed by atoms with Crippen LogP contribution in [0.4, 0.5) is 5.95 Å². The van der Waals surface area contributed by atoms with Gasteiger partial charge in [0, 0.05) is 69.0 Å². The molecule has 0 spiro atoms. The number of aromatic nitrogens is 3. The molecule has 7 heteroatoms. The van der Waals surface area contributed by atoms with Crippen LogP contribution in [0, 0.1) is 0 Å². The average Bonchev–Trinajstić information content (AvgIpc) is 3.41. The molecule has 2 aliphatic rings. The Bertz CT molecular complexity index is 806. The summed E-state index contributed by atoms with van der Waals surface area (Å²) in [5.74, 6) is 0.901. The third-order valence-electron chi connectivity index (χ3n) is 5.77. The summed E-state index contributed by atoms with van der Waals surface area (Å²) in [6.45, 7) is 3.68. The standard InChI is InChI=1S/C20H28N6O/c1-23(2)17-6-9-26(14-17)19(27)18-10-15(13-24(18)3)16-11-21-20(22-12-16)25-7-4-5-8-25/h10-13,17H,4-9,14H2,1-3H3. The lowest BCUT2D eigenvalue weighted by Gasteiger charge is -2.20. The third-order valence-corrected chi connectivity index (χ3v) is 5.77.